The predicted octanol–water partition coefficient (Wildman–Crippen LogP) is 19.1. The van der Waals surface area contributed by atoms with Crippen molar-refractivity contribution in [2.45, 2.75) is 0 Å². The van der Waals surface area contributed by atoms with Crippen LogP contribution in [0.15, 0.2) is 271 Å². The highest BCUT2D eigenvalue weighted by molar-refractivity contribution is 6.16. The van der Waals surface area contributed by atoms with E-state index in [0.717, 1.165) is 78.1 Å². The second kappa shape index (κ2) is 16.7. The van der Waals surface area contributed by atoms with E-state index in [-0.39, 0.29) is 0 Å². The summed E-state index contributed by atoms with van der Waals surface area (Å²) in [6.45, 7) is 0. The van der Waals surface area contributed by atoms with Crippen LogP contribution in [0.25, 0.3) is 115 Å². The number of anilines is 3. The molecule has 0 unspecified atom stereocenters. The molecule has 14 aromatic rings. The third kappa shape index (κ3) is 6.66. The van der Waals surface area contributed by atoms with E-state index in [9.17, 15) is 0 Å². The van der Waals surface area contributed by atoms with Crippen LogP contribution in [-0.2, 0) is 0 Å². The van der Waals surface area contributed by atoms with Crippen molar-refractivity contribution in [1.82, 2.24) is 4.57 Å². The SMILES string of the molecule is c1cc(-c2ccc(N(c3ccccc3-c3cc4ccccc4c4ccccc34)c3ccccc3-c3cccc4c3oc3ccccc34)cc2)cc(-c2ccccc2-n2c3ccccc3c3ccccc32)c1. The molecule has 3 nitrogen and oxygen atoms in total. The number of aromatic nitrogens is 1. The third-order valence-electron chi connectivity index (χ3n) is 14.4. The lowest BCUT2D eigenvalue weighted by molar-refractivity contribution is 0.670. The molecule has 0 aliphatic heterocycles. The van der Waals surface area contributed by atoms with Gasteiger partial charge < -0.3 is 13.9 Å². The number of para-hydroxylation sites is 7. The highest BCUT2D eigenvalue weighted by Gasteiger charge is 2.24. The number of fused-ring (bicyclic) bond motifs is 9. The number of nitrogens with zero attached hydrogens (tertiary/aromatic N) is 2. The fraction of sp³-hybridized carbons (Fsp3) is 0. The first-order valence-electron chi connectivity index (χ1n) is 24.3. The molecule has 2 aromatic heterocycles. The lowest BCUT2D eigenvalue weighted by atomic mass is 9.91. The Kier molecular flexibility index (Phi) is 9.53. The molecule has 0 spiro atoms. The van der Waals surface area contributed by atoms with Crippen LogP contribution in [0.4, 0.5) is 17.1 Å². The molecule has 0 bridgehead atoms. The third-order valence-corrected chi connectivity index (χ3v) is 14.4. The van der Waals surface area contributed by atoms with Crippen LogP contribution >= 0.6 is 0 Å². The van der Waals surface area contributed by atoms with E-state index >= 15 is 0 Å². The maximum absolute atomic E-state index is 6.72. The van der Waals surface area contributed by atoms with E-state index in [4.69, 9.17) is 4.42 Å². The summed E-state index contributed by atoms with van der Waals surface area (Å²) in [6, 6.07) is 96.7. The monoisotopic (exact) mass is 904 g/mol. The zero-order valence-corrected chi connectivity index (χ0v) is 38.7. The summed E-state index contributed by atoms with van der Waals surface area (Å²) >= 11 is 0. The molecule has 0 N–H and O–H groups in total. The molecule has 12 aromatic carbocycles. The van der Waals surface area contributed by atoms with Crippen molar-refractivity contribution in [3.05, 3.63) is 267 Å². The Morgan fingerprint density at radius 1 is 0.296 bits per heavy atom. The summed E-state index contributed by atoms with van der Waals surface area (Å²) in [5, 5.41) is 9.64. The summed E-state index contributed by atoms with van der Waals surface area (Å²) in [7, 11) is 0. The van der Waals surface area contributed by atoms with Gasteiger partial charge in [-0.15, -0.1) is 0 Å². The van der Waals surface area contributed by atoms with Gasteiger partial charge in [0.2, 0.25) is 0 Å². The van der Waals surface area contributed by atoms with E-state index in [1.54, 1.807) is 0 Å². The molecular formula is C68H44N2O. The van der Waals surface area contributed by atoms with Gasteiger partial charge >= 0.3 is 0 Å². The van der Waals surface area contributed by atoms with Crippen LogP contribution in [0, 0.1) is 0 Å². The Bertz CT molecular complexity index is 4310. The lowest BCUT2D eigenvalue weighted by Gasteiger charge is -2.30. The molecule has 0 fully saturated rings. The van der Waals surface area contributed by atoms with Crippen molar-refractivity contribution in [2.75, 3.05) is 4.90 Å². The van der Waals surface area contributed by atoms with Crippen LogP contribution in [-0.4, -0.2) is 4.57 Å². The lowest BCUT2D eigenvalue weighted by Crippen LogP contribution is -2.12. The van der Waals surface area contributed by atoms with Crippen molar-refractivity contribution in [2.24, 2.45) is 0 Å². The molecular weight excluding hydrogens is 861 g/mol. The van der Waals surface area contributed by atoms with E-state index in [0.29, 0.717) is 0 Å². The number of furan rings is 1. The maximum Gasteiger partial charge on any atom is 0.143 e. The average Bonchev–Trinajstić information content (AvgIpc) is 4.00. The van der Waals surface area contributed by atoms with E-state index in [1.807, 2.05) is 6.07 Å². The van der Waals surface area contributed by atoms with Crippen molar-refractivity contribution in [1.29, 1.82) is 0 Å². The topological polar surface area (TPSA) is 21.3 Å². The fourth-order valence-corrected chi connectivity index (χ4v) is 11.2. The Labute approximate surface area is 411 Å². The van der Waals surface area contributed by atoms with Gasteiger partial charge in [0.15, 0.2) is 0 Å². The highest BCUT2D eigenvalue weighted by Crippen LogP contribution is 2.49. The van der Waals surface area contributed by atoms with Gasteiger partial charge in [0, 0.05) is 49.5 Å². The van der Waals surface area contributed by atoms with Crippen molar-refractivity contribution >= 4 is 82.4 Å². The average molecular weight is 905 g/mol. The van der Waals surface area contributed by atoms with Gasteiger partial charge in [-0.1, -0.05) is 206 Å². The van der Waals surface area contributed by atoms with Crippen LogP contribution in [0.3, 0.4) is 0 Å². The van der Waals surface area contributed by atoms with Gasteiger partial charge in [-0.05, 0) is 104 Å². The van der Waals surface area contributed by atoms with Crippen LogP contribution < -0.4 is 4.90 Å². The summed E-state index contributed by atoms with van der Waals surface area (Å²) in [5.74, 6) is 0. The zero-order chi connectivity index (χ0) is 46.8. The minimum atomic E-state index is 0.880. The molecule has 0 aliphatic rings. The molecule has 0 aliphatic carbocycles. The quantitative estimate of drug-likeness (QED) is 0.142. The van der Waals surface area contributed by atoms with E-state index in [2.05, 4.69) is 270 Å². The van der Waals surface area contributed by atoms with Gasteiger partial charge in [0.25, 0.3) is 0 Å². The van der Waals surface area contributed by atoms with Gasteiger partial charge in [-0.25, -0.2) is 0 Å². The van der Waals surface area contributed by atoms with E-state index in [1.165, 1.54) is 54.5 Å². The van der Waals surface area contributed by atoms with Crippen LogP contribution in [0.2, 0.25) is 0 Å². The highest BCUT2D eigenvalue weighted by atomic mass is 16.3. The summed E-state index contributed by atoms with van der Waals surface area (Å²) in [6.07, 6.45) is 0. The Morgan fingerprint density at radius 3 is 1.56 bits per heavy atom. The van der Waals surface area contributed by atoms with Gasteiger partial charge in [0.05, 0.1) is 28.1 Å². The second-order valence-corrected chi connectivity index (χ2v) is 18.4. The van der Waals surface area contributed by atoms with Crippen LogP contribution in [0.1, 0.15) is 0 Å². The normalized spacial score (nSPS) is 11.7. The van der Waals surface area contributed by atoms with Gasteiger partial charge in [-0.3, -0.25) is 0 Å². The molecule has 0 saturated heterocycles. The number of benzene rings is 12. The standard InChI is InChI=1S/C68H44N2O/c1-2-22-50-48(19-1)44-61(53-25-4-3-24-52(50)53)57-29-9-13-35-64(57)69(63-34-12-8-28-56(63)59-31-18-32-60-58-30-10-16-38-67(58)71-68(59)60)49-41-39-45(40-42-49)46-20-17-21-47(43-46)51-23-5-11-33-62(51)70-65-36-14-6-26-54(65)55-27-7-15-37-66(55)70/h1-44H. The first kappa shape index (κ1) is 40.6. The van der Waals surface area contributed by atoms with Crippen molar-refractivity contribution in [3.63, 3.8) is 0 Å². The number of rotatable bonds is 8. The molecule has 0 amide bonds. The molecule has 332 valence electrons. The molecule has 3 heteroatoms. The molecule has 14 rings (SSSR count). The smallest absolute Gasteiger partial charge is 0.143 e. The van der Waals surface area contributed by atoms with Gasteiger partial charge in [-0.2, -0.15) is 0 Å². The molecule has 0 atom stereocenters. The molecule has 0 saturated carbocycles. The molecule has 0 radical (unpaired) electrons. The minimum absolute atomic E-state index is 0.880. The van der Waals surface area contributed by atoms with Gasteiger partial charge in [0.1, 0.15) is 11.2 Å². The molecule has 71 heavy (non-hydrogen) atoms. The number of hydrogen-bond acceptors (Lipinski definition) is 2. The predicted molar refractivity (Wildman–Crippen MR) is 299 cm³/mol. The number of hydrogen-bond donors (Lipinski definition) is 0. The van der Waals surface area contributed by atoms with Crippen LogP contribution in [0.5, 0.6) is 0 Å². The summed E-state index contributed by atoms with van der Waals surface area (Å²) < 4.78 is 9.14. The summed E-state index contributed by atoms with van der Waals surface area (Å²) in [5.41, 5.74) is 17.6. The Morgan fingerprint density at radius 2 is 0.817 bits per heavy atom. The second-order valence-electron chi connectivity index (χ2n) is 18.4. The molecule has 2 heterocycles. The first-order chi connectivity index (χ1) is 35.2. The van der Waals surface area contributed by atoms with Crippen molar-refractivity contribution in [3.8, 4) is 50.2 Å². The van der Waals surface area contributed by atoms with E-state index < -0.39 is 0 Å². The van der Waals surface area contributed by atoms with Crippen molar-refractivity contribution < 1.29 is 4.42 Å². The zero-order valence-electron chi connectivity index (χ0n) is 38.7. The Hall–Kier alpha value is -9.44. The largest absolute Gasteiger partial charge is 0.455 e. The fourth-order valence-electron chi connectivity index (χ4n) is 11.2. The Balaban J connectivity index is 0.935. The minimum Gasteiger partial charge on any atom is -0.455 e. The first-order valence-corrected chi connectivity index (χ1v) is 24.3. The maximum atomic E-state index is 6.72. The summed E-state index contributed by atoms with van der Waals surface area (Å²) in [4.78, 5) is 2.44.